The van der Waals surface area contributed by atoms with E-state index in [4.69, 9.17) is 42.9 Å². The third-order valence-electron chi connectivity index (χ3n) is 9.41. The molecule has 0 saturated heterocycles. The predicted octanol–water partition coefficient (Wildman–Crippen LogP) is 5.91. The first-order valence-corrected chi connectivity index (χ1v) is 16.9. The topological polar surface area (TPSA) is 158 Å². The first-order chi connectivity index (χ1) is 25.4. The molecule has 263 valence electrons. The van der Waals surface area contributed by atoms with Crippen LogP contribution in [0.4, 0.5) is 22.7 Å². The third-order valence-corrected chi connectivity index (χ3v) is 9.41. The third kappa shape index (κ3) is 6.52. The van der Waals surface area contributed by atoms with Crippen molar-refractivity contribution in [3.63, 3.8) is 0 Å². The number of hydrogen-bond acceptors (Lipinski definition) is 6. The minimum atomic E-state index is 0. The Bertz CT molecular complexity index is 2370. The van der Waals surface area contributed by atoms with E-state index in [2.05, 4.69) is 0 Å². The fraction of sp³-hybridized carbons (Fsp3) is 0. The smallest absolute Gasteiger partial charge is 1.00 e. The first-order valence-electron chi connectivity index (χ1n) is 16.9. The van der Waals surface area contributed by atoms with E-state index < -0.39 is 0 Å². The number of nitrogens with zero attached hydrogens (tertiary/aromatic N) is 4. The Morgan fingerprint density at radius 2 is 0.519 bits per heavy atom. The Morgan fingerprint density at radius 3 is 0.722 bits per heavy atom. The van der Waals surface area contributed by atoms with Crippen LogP contribution in [0.25, 0.3) is 90.9 Å². The molecule has 8 nitrogen and oxygen atoms in total. The average molecular weight is 764 g/mol. The van der Waals surface area contributed by atoms with Crippen molar-refractivity contribution >= 4 is 69.1 Å². The first kappa shape index (κ1) is 35.9. The van der Waals surface area contributed by atoms with Gasteiger partial charge in [-0.2, -0.15) is 0 Å². The normalized spacial score (nSPS) is 11.6. The van der Waals surface area contributed by atoms with Gasteiger partial charge in [-0.15, -0.1) is 22.1 Å². The Labute approximate surface area is 328 Å². The van der Waals surface area contributed by atoms with Crippen molar-refractivity contribution in [3.05, 3.63) is 144 Å². The van der Waals surface area contributed by atoms with Gasteiger partial charge in [0.1, 0.15) is 0 Å². The van der Waals surface area contributed by atoms with Gasteiger partial charge in [-0.1, -0.05) is 72.8 Å². The zero-order chi connectivity index (χ0) is 35.3. The van der Waals surface area contributed by atoms with E-state index in [9.17, 15) is 0 Å². The van der Waals surface area contributed by atoms with Gasteiger partial charge in [-0.05, 0) is 117 Å². The molecule has 10 heteroatoms. The van der Waals surface area contributed by atoms with Crippen molar-refractivity contribution in [3.8, 4) is 44.5 Å². The molecule has 3 aromatic heterocycles. The summed E-state index contributed by atoms with van der Waals surface area (Å²) in [6.45, 7) is 0. The number of anilines is 4. The second-order valence-electron chi connectivity index (χ2n) is 12.9. The van der Waals surface area contributed by atoms with E-state index in [0.717, 1.165) is 89.4 Å². The SMILES string of the molecule is Nc1ccc(-c2c3nc(c(-c4ccc(N)cc4)c4ccc([n-]4)c(-c4ccc(N)cc4)c4nc(c(-c5ccc(N)cc5)c5ccc2[n-]5)C=C4)C=C3)cc1.[Cl-].[Fe+3]. The quantitative estimate of drug-likeness (QED) is 0.127. The van der Waals surface area contributed by atoms with Gasteiger partial charge in [0.2, 0.25) is 0 Å². The van der Waals surface area contributed by atoms with Gasteiger partial charge >= 0.3 is 17.1 Å². The molecule has 9 rings (SSSR count). The van der Waals surface area contributed by atoms with Crippen LogP contribution < -0.4 is 45.3 Å². The summed E-state index contributed by atoms with van der Waals surface area (Å²) in [7, 11) is 0. The fourth-order valence-corrected chi connectivity index (χ4v) is 6.87. The maximum absolute atomic E-state index is 6.13. The van der Waals surface area contributed by atoms with E-state index in [0.29, 0.717) is 22.7 Å². The number of benzene rings is 4. The van der Waals surface area contributed by atoms with Crippen LogP contribution in [-0.4, -0.2) is 9.97 Å². The van der Waals surface area contributed by atoms with Gasteiger partial charge in [0.25, 0.3) is 0 Å². The molecule has 0 unspecified atom stereocenters. The van der Waals surface area contributed by atoms with Crippen LogP contribution in [0.3, 0.4) is 0 Å². The minimum Gasteiger partial charge on any atom is -1.00 e. The van der Waals surface area contributed by atoms with E-state index in [1.54, 1.807) is 0 Å². The van der Waals surface area contributed by atoms with Crippen LogP contribution in [0.5, 0.6) is 0 Å². The Kier molecular flexibility index (Phi) is 9.62. The fourth-order valence-electron chi connectivity index (χ4n) is 6.87. The summed E-state index contributed by atoms with van der Waals surface area (Å²) >= 11 is 0. The summed E-state index contributed by atoms with van der Waals surface area (Å²) in [6, 6.07) is 39.4. The molecule has 0 atom stereocenters. The molecule has 0 spiro atoms. The summed E-state index contributed by atoms with van der Waals surface area (Å²) in [5.41, 5.74) is 40.7. The van der Waals surface area contributed by atoms with E-state index in [-0.39, 0.29) is 29.5 Å². The molecule has 2 aliphatic rings. The summed E-state index contributed by atoms with van der Waals surface area (Å²) in [5.74, 6) is 0. The number of halogens is 1. The van der Waals surface area contributed by atoms with Gasteiger partial charge < -0.3 is 45.3 Å². The number of aromatic nitrogens is 4. The van der Waals surface area contributed by atoms with E-state index >= 15 is 0 Å². The summed E-state index contributed by atoms with van der Waals surface area (Å²) in [6.07, 6.45) is 8.15. The van der Waals surface area contributed by atoms with Crippen molar-refractivity contribution in [1.29, 1.82) is 0 Å². The summed E-state index contributed by atoms with van der Waals surface area (Å²) in [4.78, 5) is 21.1. The standard InChI is InChI=1S/C44H32N8.ClH.Fe/c45-29-9-1-25(2-10-29)41-33-17-19-35(49-33)42(26-3-11-30(46)12-4-26)37-21-23-39(51-37)44(28-7-15-32(48)16-8-28)40-24-22-38(52-40)43(36-20-18-34(41)50-36)27-5-13-31(47)14-6-27;;/h1-24H,45-48H2;1H;/q-2;;+3/p-1. The van der Waals surface area contributed by atoms with Crippen molar-refractivity contribution < 1.29 is 29.5 Å². The van der Waals surface area contributed by atoms with Crippen LogP contribution in [0.1, 0.15) is 22.8 Å². The number of hydrogen-bond donors (Lipinski definition) is 4. The van der Waals surface area contributed by atoms with Crippen LogP contribution in [0, 0.1) is 0 Å². The molecule has 5 heterocycles. The van der Waals surface area contributed by atoms with Crippen molar-refractivity contribution in [2.75, 3.05) is 22.9 Å². The van der Waals surface area contributed by atoms with Crippen LogP contribution in [-0.2, 0) is 17.1 Å². The number of nitrogens with two attached hydrogens (primary N) is 4. The molecule has 54 heavy (non-hydrogen) atoms. The van der Waals surface area contributed by atoms with Crippen molar-refractivity contribution in [2.24, 2.45) is 0 Å². The predicted molar refractivity (Wildman–Crippen MR) is 216 cm³/mol. The van der Waals surface area contributed by atoms with Crippen molar-refractivity contribution in [1.82, 2.24) is 19.9 Å². The zero-order valence-electron chi connectivity index (χ0n) is 28.7. The second-order valence-corrected chi connectivity index (χ2v) is 12.9. The molecule has 0 amide bonds. The molecular weight excluding hydrogens is 732 g/mol. The summed E-state index contributed by atoms with van der Waals surface area (Å²) in [5, 5.41) is 0. The largest absolute Gasteiger partial charge is 3.00 e. The van der Waals surface area contributed by atoms with Gasteiger partial charge in [-0.25, -0.2) is 9.97 Å². The van der Waals surface area contributed by atoms with Crippen molar-refractivity contribution in [2.45, 2.75) is 0 Å². The van der Waals surface area contributed by atoms with E-state index in [1.165, 1.54) is 0 Å². The van der Waals surface area contributed by atoms with Gasteiger partial charge in [-0.3, -0.25) is 0 Å². The number of nitrogen functional groups attached to an aromatic ring is 4. The molecule has 1 radical (unpaired) electrons. The molecule has 0 fully saturated rings. The molecule has 8 N–H and O–H groups in total. The molecule has 4 aromatic carbocycles. The van der Waals surface area contributed by atoms with Gasteiger partial charge in [0.15, 0.2) is 0 Å². The number of fused-ring (bicyclic) bond motifs is 8. The maximum Gasteiger partial charge on any atom is 3.00 e. The Hall–Kier alpha value is -6.51. The Balaban J connectivity index is 0.00000225. The zero-order valence-corrected chi connectivity index (χ0v) is 30.5. The molecular formula is C44H32ClFeN8. The van der Waals surface area contributed by atoms with Crippen LogP contribution >= 0.6 is 0 Å². The summed E-state index contributed by atoms with van der Waals surface area (Å²) < 4.78 is 0. The monoisotopic (exact) mass is 763 g/mol. The number of rotatable bonds is 4. The molecule has 2 aliphatic heterocycles. The maximum atomic E-state index is 6.13. The average Bonchev–Trinajstić information content (AvgIpc) is 3.99. The molecule has 8 bridgehead atoms. The van der Waals surface area contributed by atoms with Gasteiger partial charge in [0.05, 0.1) is 22.8 Å². The minimum absolute atomic E-state index is 0. The molecule has 7 aromatic rings. The van der Waals surface area contributed by atoms with Crippen LogP contribution in [0.15, 0.2) is 121 Å². The Morgan fingerprint density at radius 1 is 0.315 bits per heavy atom. The molecule has 0 saturated carbocycles. The molecule has 0 aliphatic carbocycles. The van der Waals surface area contributed by atoms with Crippen LogP contribution in [0.2, 0.25) is 0 Å². The van der Waals surface area contributed by atoms with E-state index in [1.807, 2.05) is 146 Å². The second kappa shape index (κ2) is 14.5. The van der Waals surface area contributed by atoms with Gasteiger partial charge in [0, 0.05) is 22.7 Å².